The van der Waals surface area contributed by atoms with Gasteiger partial charge in [0.2, 0.25) is 0 Å². The summed E-state index contributed by atoms with van der Waals surface area (Å²) in [7, 11) is 0. The Bertz CT molecular complexity index is 931. The van der Waals surface area contributed by atoms with Crippen LogP contribution in [0.4, 0.5) is 0 Å². The fraction of sp³-hybridized carbons (Fsp3) is 0.650. The van der Waals surface area contributed by atoms with Crippen LogP contribution in [0, 0.1) is 5.92 Å². The van der Waals surface area contributed by atoms with Gasteiger partial charge in [-0.1, -0.05) is 151 Å². The largest absolute Gasteiger partial charge is 0.462 e. The molecule has 0 saturated heterocycles. The van der Waals surface area contributed by atoms with E-state index >= 15 is 0 Å². The molecule has 7 heteroatoms. The lowest BCUT2D eigenvalue weighted by molar-refractivity contribution is -0.161. The van der Waals surface area contributed by atoms with E-state index in [0.29, 0.717) is 32.1 Å². The summed E-state index contributed by atoms with van der Waals surface area (Å²) >= 11 is 0. The minimum atomic E-state index is -0.836. The van der Waals surface area contributed by atoms with Gasteiger partial charge in [0.1, 0.15) is 6.61 Å². The monoisotopic (exact) mass is 658 g/mol. The molecule has 0 aromatic carbocycles. The van der Waals surface area contributed by atoms with E-state index in [0.717, 1.165) is 31.6 Å². The minimum Gasteiger partial charge on any atom is -0.462 e. The van der Waals surface area contributed by atoms with Crippen molar-refractivity contribution in [2.45, 2.75) is 148 Å². The van der Waals surface area contributed by atoms with Gasteiger partial charge in [0.25, 0.3) is 0 Å². The number of aliphatic hydroxyl groups is 3. The molecular formula is C40H66O7. The zero-order chi connectivity index (χ0) is 34.8. The molecule has 0 radical (unpaired) electrons. The Balaban J connectivity index is 3.90. The van der Waals surface area contributed by atoms with Crippen molar-refractivity contribution in [1.82, 2.24) is 0 Å². The van der Waals surface area contributed by atoms with E-state index < -0.39 is 24.3 Å². The van der Waals surface area contributed by atoms with E-state index in [9.17, 15) is 24.9 Å². The molecule has 0 bridgehead atoms. The second-order valence-corrected chi connectivity index (χ2v) is 12.2. The van der Waals surface area contributed by atoms with E-state index in [1.54, 1.807) is 24.3 Å². The molecule has 0 aromatic heterocycles. The third-order valence-electron chi connectivity index (χ3n) is 7.73. The van der Waals surface area contributed by atoms with Crippen LogP contribution in [0.3, 0.4) is 0 Å². The number of hydrogen-bond acceptors (Lipinski definition) is 7. The van der Waals surface area contributed by atoms with Gasteiger partial charge in [-0.05, 0) is 44.4 Å². The summed E-state index contributed by atoms with van der Waals surface area (Å²) in [6.45, 7) is 6.10. The van der Waals surface area contributed by atoms with Crippen molar-refractivity contribution in [2.75, 3.05) is 13.2 Å². The Hall–Kier alpha value is -2.74. The van der Waals surface area contributed by atoms with Crippen LogP contribution in [-0.4, -0.2) is 58.8 Å². The zero-order valence-electron chi connectivity index (χ0n) is 29.6. The summed E-state index contributed by atoms with van der Waals surface area (Å²) < 4.78 is 10.5. The van der Waals surface area contributed by atoms with Gasteiger partial charge in [0.15, 0.2) is 6.10 Å². The molecule has 0 fully saturated rings. The van der Waals surface area contributed by atoms with Gasteiger partial charge in [-0.15, -0.1) is 0 Å². The third kappa shape index (κ3) is 31.6. The molecule has 4 atom stereocenters. The van der Waals surface area contributed by atoms with E-state index in [4.69, 9.17) is 9.47 Å². The molecule has 268 valence electrons. The number of ether oxygens (including phenoxy) is 2. The maximum atomic E-state index is 12.1. The Morgan fingerprint density at radius 1 is 0.681 bits per heavy atom. The average Bonchev–Trinajstić information content (AvgIpc) is 3.06. The van der Waals surface area contributed by atoms with Crippen LogP contribution in [0.2, 0.25) is 0 Å². The molecule has 47 heavy (non-hydrogen) atoms. The lowest BCUT2D eigenvalue weighted by Gasteiger charge is -2.15. The fourth-order valence-corrected chi connectivity index (χ4v) is 4.55. The van der Waals surface area contributed by atoms with Gasteiger partial charge in [-0.3, -0.25) is 9.59 Å². The first-order valence-electron chi connectivity index (χ1n) is 18.1. The molecule has 0 aromatic rings. The number of carbonyl (C=O) groups is 2. The van der Waals surface area contributed by atoms with Crippen LogP contribution in [0.5, 0.6) is 0 Å². The summed E-state index contributed by atoms with van der Waals surface area (Å²) in [5.41, 5.74) is 0. The van der Waals surface area contributed by atoms with Gasteiger partial charge >= 0.3 is 11.9 Å². The fourth-order valence-electron chi connectivity index (χ4n) is 4.55. The Kier molecular flexibility index (Phi) is 31.2. The summed E-state index contributed by atoms with van der Waals surface area (Å²) in [6, 6.07) is 0. The molecule has 0 heterocycles. The predicted octanol–water partition coefficient (Wildman–Crippen LogP) is 8.80. The molecule has 0 aliphatic heterocycles. The quantitative estimate of drug-likeness (QED) is 0.0306. The SMILES string of the molecule is CC/C=C\C[C@@H](O)/C=C/C=C\C=C\[C@@H](O)C/C=C\C/C=C\CCC(=O)OC[C@H](CO)OC(=O)CCCCCCCCCCC(C)CC. The molecule has 0 saturated carbocycles. The Morgan fingerprint density at radius 3 is 1.85 bits per heavy atom. The predicted molar refractivity (Wildman–Crippen MR) is 194 cm³/mol. The summed E-state index contributed by atoms with van der Waals surface area (Å²) in [6.07, 6.45) is 36.1. The first kappa shape index (κ1) is 44.3. The van der Waals surface area contributed by atoms with Crippen LogP contribution in [-0.2, 0) is 19.1 Å². The molecule has 3 N–H and O–H groups in total. The molecule has 0 aliphatic rings. The highest BCUT2D eigenvalue weighted by molar-refractivity contribution is 5.70. The molecule has 1 unspecified atom stereocenters. The highest BCUT2D eigenvalue weighted by atomic mass is 16.6. The van der Waals surface area contributed by atoms with Gasteiger partial charge in [0, 0.05) is 12.8 Å². The lowest BCUT2D eigenvalue weighted by Crippen LogP contribution is -2.28. The Labute approximate surface area is 286 Å². The summed E-state index contributed by atoms with van der Waals surface area (Å²) in [4.78, 5) is 24.1. The van der Waals surface area contributed by atoms with Crippen LogP contribution in [0.25, 0.3) is 0 Å². The topological polar surface area (TPSA) is 113 Å². The summed E-state index contributed by atoms with van der Waals surface area (Å²) in [5.74, 6) is 0.0715. The standard InChI is InChI=1S/C40H66O7/c1-4-6-19-27-36(42)29-22-17-18-23-30-37(43)28-21-14-11-12-15-24-31-39(44)46-34-38(33-41)47-40(45)32-25-16-10-8-7-9-13-20-26-35(3)5-2/h6,12,14-15,17-19,21-23,29-30,35-38,41-43H,4-5,7-11,13,16,20,24-28,31-34H2,1-3H3/b15-12-,18-17-,19-6-,21-14-,29-22+,30-23+/t35?,36-,37+,38+/m1/s1. The lowest BCUT2D eigenvalue weighted by atomic mass is 9.99. The number of aliphatic hydroxyl groups excluding tert-OH is 3. The van der Waals surface area contributed by atoms with Gasteiger partial charge in [-0.2, -0.15) is 0 Å². The van der Waals surface area contributed by atoms with Gasteiger partial charge in [-0.25, -0.2) is 0 Å². The van der Waals surface area contributed by atoms with Crippen molar-refractivity contribution >= 4 is 11.9 Å². The van der Waals surface area contributed by atoms with Crippen LogP contribution >= 0.6 is 0 Å². The molecule has 7 nitrogen and oxygen atoms in total. The van der Waals surface area contributed by atoms with Crippen molar-refractivity contribution in [3.63, 3.8) is 0 Å². The van der Waals surface area contributed by atoms with Gasteiger partial charge in [0.05, 0.1) is 18.8 Å². The number of unbranched alkanes of at least 4 members (excludes halogenated alkanes) is 7. The third-order valence-corrected chi connectivity index (χ3v) is 7.73. The second kappa shape index (κ2) is 33.2. The number of rotatable bonds is 30. The second-order valence-electron chi connectivity index (χ2n) is 12.2. The van der Waals surface area contributed by atoms with Crippen molar-refractivity contribution < 1.29 is 34.4 Å². The first-order valence-corrected chi connectivity index (χ1v) is 18.1. The smallest absolute Gasteiger partial charge is 0.306 e. The van der Waals surface area contributed by atoms with Crippen LogP contribution < -0.4 is 0 Å². The van der Waals surface area contributed by atoms with E-state index in [1.807, 2.05) is 48.6 Å². The van der Waals surface area contributed by atoms with E-state index in [2.05, 4.69) is 20.8 Å². The van der Waals surface area contributed by atoms with E-state index in [-0.39, 0.29) is 25.6 Å². The number of allylic oxidation sites excluding steroid dienone is 8. The first-order chi connectivity index (χ1) is 22.8. The number of carbonyl (C=O) groups excluding carboxylic acids is 2. The van der Waals surface area contributed by atoms with Crippen LogP contribution in [0.15, 0.2) is 72.9 Å². The maximum Gasteiger partial charge on any atom is 0.306 e. The minimum absolute atomic E-state index is 0.145. The Morgan fingerprint density at radius 2 is 1.26 bits per heavy atom. The molecular weight excluding hydrogens is 592 g/mol. The molecule has 0 amide bonds. The maximum absolute atomic E-state index is 12.1. The zero-order valence-corrected chi connectivity index (χ0v) is 29.6. The average molecular weight is 659 g/mol. The van der Waals surface area contributed by atoms with Crippen molar-refractivity contribution in [3.8, 4) is 0 Å². The molecule has 0 aliphatic carbocycles. The number of esters is 2. The van der Waals surface area contributed by atoms with E-state index in [1.165, 1.54) is 44.9 Å². The van der Waals surface area contributed by atoms with Crippen LogP contribution in [0.1, 0.15) is 130 Å². The van der Waals surface area contributed by atoms with Crippen molar-refractivity contribution in [3.05, 3.63) is 72.9 Å². The normalized spacial score (nSPS) is 15.1. The van der Waals surface area contributed by atoms with Crippen molar-refractivity contribution in [2.24, 2.45) is 5.92 Å². The molecule has 0 spiro atoms. The number of hydrogen-bond donors (Lipinski definition) is 3. The van der Waals surface area contributed by atoms with Gasteiger partial charge < -0.3 is 24.8 Å². The summed E-state index contributed by atoms with van der Waals surface area (Å²) in [5, 5.41) is 29.3. The van der Waals surface area contributed by atoms with Crippen molar-refractivity contribution in [1.29, 1.82) is 0 Å². The molecule has 0 rings (SSSR count). The highest BCUT2D eigenvalue weighted by Gasteiger charge is 2.15. The highest BCUT2D eigenvalue weighted by Crippen LogP contribution is 2.15.